The van der Waals surface area contributed by atoms with Crippen molar-refractivity contribution in [2.45, 2.75) is 26.2 Å². The van der Waals surface area contributed by atoms with E-state index in [2.05, 4.69) is 9.97 Å². The van der Waals surface area contributed by atoms with E-state index in [-0.39, 0.29) is 17.3 Å². The summed E-state index contributed by atoms with van der Waals surface area (Å²) in [5.74, 6) is -0.758. The van der Waals surface area contributed by atoms with Crippen molar-refractivity contribution in [3.63, 3.8) is 0 Å². The lowest BCUT2D eigenvalue weighted by Gasteiger charge is -2.17. The first-order valence-corrected chi connectivity index (χ1v) is 5.07. The number of hydrogen-bond donors (Lipinski definition) is 0. The van der Waals surface area contributed by atoms with Gasteiger partial charge in [0.25, 0.3) is 0 Å². The van der Waals surface area contributed by atoms with Crippen molar-refractivity contribution in [1.29, 1.82) is 0 Å². The van der Waals surface area contributed by atoms with Crippen LogP contribution in [-0.4, -0.2) is 21.8 Å². The third-order valence-corrected chi connectivity index (χ3v) is 1.93. The van der Waals surface area contributed by atoms with Crippen molar-refractivity contribution in [3.8, 4) is 6.01 Å². The molecule has 0 amide bonds. The summed E-state index contributed by atoms with van der Waals surface area (Å²) < 4.78 is 4.81. The molecule has 15 heavy (non-hydrogen) atoms. The SMILES string of the molecule is CC(C)(C)c1ccnc(OC(=O)CCl)n1. The molecule has 0 saturated carbocycles. The van der Waals surface area contributed by atoms with Crippen LogP contribution >= 0.6 is 11.6 Å². The van der Waals surface area contributed by atoms with Crippen molar-refractivity contribution < 1.29 is 9.53 Å². The van der Waals surface area contributed by atoms with E-state index < -0.39 is 5.97 Å². The van der Waals surface area contributed by atoms with E-state index in [4.69, 9.17) is 16.3 Å². The average Bonchev–Trinajstić information content (AvgIpc) is 2.17. The molecule has 0 aliphatic heterocycles. The van der Waals surface area contributed by atoms with E-state index in [0.717, 1.165) is 5.69 Å². The Hall–Kier alpha value is -1.16. The zero-order valence-corrected chi connectivity index (χ0v) is 9.71. The summed E-state index contributed by atoms with van der Waals surface area (Å²) in [7, 11) is 0. The van der Waals surface area contributed by atoms with Crippen LogP contribution in [0, 0.1) is 0 Å². The molecule has 0 aliphatic rings. The number of alkyl halides is 1. The molecule has 1 aromatic rings. The van der Waals surface area contributed by atoms with Crippen molar-refractivity contribution in [1.82, 2.24) is 9.97 Å². The smallest absolute Gasteiger partial charge is 0.328 e. The largest absolute Gasteiger partial charge is 0.390 e. The van der Waals surface area contributed by atoms with Gasteiger partial charge in [-0.1, -0.05) is 20.8 Å². The van der Waals surface area contributed by atoms with E-state index in [1.165, 1.54) is 0 Å². The van der Waals surface area contributed by atoms with Crippen LogP contribution in [-0.2, 0) is 10.2 Å². The van der Waals surface area contributed by atoms with Crippen LogP contribution in [0.25, 0.3) is 0 Å². The van der Waals surface area contributed by atoms with Gasteiger partial charge in [-0.25, -0.2) is 4.98 Å². The minimum atomic E-state index is -0.553. The number of halogens is 1. The fourth-order valence-electron chi connectivity index (χ4n) is 0.937. The molecule has 5 heteroatoms. The Kier molecular flexibility index (Phi) is 3.63. The molecule has 0 fully saturated rings. The van der Waals surface area contributed by atoms with Crippen molar-refractivity contribution >= 4 is 17.6 Å². The second kappa shape index (κ2) is 4.57. The Balaban J connectivity index is 2.88. The first-order chi connectivity index (χ1) is 6.93. The molecule has 1 rings (SSSR count). The van der Waals surface area contributed by atoms with Gasteiger partial charge >= 0.3 is 12.0 Å². The number of carbonyl (C=O) groups excluding carboxylic acids is 1. The Labute approximate surface area is 93.6 Å². The number of esters is 1. The van der Waals surface area contributed by atoms with E-state index in [9.17, 15) is 4.79 Å². The lowest BCUT2D eigenvalue weighted by molar-refractivity contribution is -0.132. The molecule has 82 valence electrons. The molecule has 0 spiro atoms. The molecule has 1 aromatic heterocycles. The molecule has 0 bridgehead atoms. The third kappa shape index (κ3) is 3.47. The fraction of sp³-hybridized carbons (Fsp3) is 0.500. The van der Waals surface area contributed by atoms with E-state index in [1.54, 1.807) is 12.3 Å². The van der Waals surface area contributed by atoms with Crippen LogP contribution in [0.5, 0.6) is 6.01 Å². The van der Waals surface area contributed by atoms with Gasteiger partial charge in [-0.05, 0) is 6.07 Å². The van der Waals surface area contributed by atoms with Crippen LogP contribution in [0.1, 0.15) is 26.5 Å². The molecular formula is C10H13ClN2O2. The molecule has 0 unspecified atom stereocenters. The molecular weight excluding hydrogens is 216 g/mol. The van der Waals surface area contributed by atoms with Gasteiger partial charge in [0, 0.05) is 11.6 Å². The Morgan fingerprint density at radius 3 is 2.73 bits per heavy atom. The second-order valence-electron chi connectivity index (χ2n) is 4.08. The number of ether oxygens (including phenoxy) is 1. The van der Waals surface area contributed by atoms with Gasteiger partial charge in [0.2, 0.25) is 0 Å². The maximum Gasteiger partial charge on any atom is 0.328 e. The maximum atomic E-state index is 10.9. The number of rotatable bonds is 2. The van der Waals surface area contributed by atoms with Gasteiger partial charge < -0.3 is 4.74 Å². The van der Waals surface area contributed by atoms with Crippen molar-refractivity contribution in [2.24, 2.45) is 0 Å². The lowest BCUT2D eigenvalue weighted by Crippen LogP contribution is -2.16. The summed E-state index contributed by atoms with van der Waals surface area (Å²) in [6, 6.07) is 1.84. The molecule has 1 heterocycles. The lowest BCUT2D eigenvalue weighted by atomic mass is 9.92. The highest BCUT2D eigenvalue weighted by Crippen LogP contribution is 2.20. The highest BCUT2D eigenvalue weighted by molar-refractivity contribution is 6.26. The summed E-state index contributed by atoms with van der Waals surface area (Å²) in [5, 5.41) is 0. The summed E-state index contributed by atoms with van der Waals surface area (Å²) in [4.78, 5) is 18.9. The van der Waals surface area contributed by atoms with E-state index in [1.807, 2.05) is 20.8 Å². The normalized spacial score (nSPS) is 11.2. The highest BCUT2D eigenvalue weighted by Gasteiger charge is 2.17. The monoisotopic (exact) mass is 228 g/mol. The standard InChI is InChI=1S/C10H13ClN2O2/c1-10(2,3)7-4-5-12-9(13-7)15-8(14)6-11/h4-5H,6H2,1-3H3. The molecule has 0 aliphatic carbocycles. The van der Waals surface area contributed by atoms with Gasteiger partial charge in [0.05, 0.1) is 5.69 Å². The Bertz CT molecular complexity index is 361. The molecule has 0 aromatic carbocycles. The highest BCUT2D eigenvalue weighted by atomic mass is 35.5. The second-order valence-corrected chi connectivity index (χ2v) is 4.35. The molecule has 0 atom stereocenters. The Morgan fingerprint density at radius 2 is 2.20 bits per heavy atom. The summed E-state index contributed by atoms with van der Waals surface area (Å²) in [6.45, 7) is 6.05. The topological polar surface area (TPSA) is 52.1 Å². The van der Waals surface area contributed by atoms with Gasteiger partial charge in [0.15, 0.2) is 0 Å². The first-order valence-electron chi connectivity index (χ1n) is 4.53. The number of aromatic nitrogens is 2. The van der Waals surface area contributed by atoms with Crippen LogP contribution in [0.15, 0.2) is 12.3 Å². The number of carbonyl (C=O) groups is 1. The molecule has 0 N–H and O–H groups in total. The zero-order valence-electron chi connectivity index (χ0n) is 8.95. The molecule has 0 radical (unpaired) electrons. The minimum Gasteiger partial charge on any atom is -0.390 e. The first kappa shape index (κ1) is 11.9. The predicted molar refractivity (Wildman–Crippen MR) is 57.1 cm³/mol. The minimum absolute atomic E-state index is 0.0491. The predicted octanol–water partition coefficient (Wildman–Crippen LogP) is 1.92. The summed E-state index contributed by atoms with van der Waals surface area (Å²) in [5.41, 5.74) is 0.709. The maximum absolute atomic E-state index is 10.9. The van der Waals surface area contributed by atoms with Gasteiger partial charge in [-0.2, -0.15) is 4.98 Å². The quantitative estimate of drug-likeness (QED) is 0.573. The summed E-state index contributed by atoms with van der Waals surface area (Å²) >= 11 is 5.30. The van der Waals surface area contributed by atoms with Gasteiger partial charge in [-0.15, -0.1) is 11.6 Å². The van der Waals surface area contributed by atoms with E-state index in [0.29, 0.717) is 0 Å². The molecule has 4 nitrogen and oxygen atoms in total. The van der Waals surface area contributed by atoms with Crippen LogP contribution < -0.4 is 4.74 Å². The van der Waals surface area contributed by atoms with Crippen molar-refractivity contribution in [2.75, 3.05) is 5.88 Å². The average molecular weight is 229 g/mol. The van der Waals surface area contributed by atoms with Gasteiger partial charge in [-0.3, -0.25) is 4.79 Å². The van der Waals surface area contributed by atoms with E-state index >= 15 is 0 Å². The van der Waals surface area contributed by atoms with Crippen LogP contribution in [0.2, 0.25) is 0 Å². The summed E-state index contributed by atoms with van der Waals surface area (Å²) in [6.07, 6.45) is 1.56. The zero-order chi connectivity index (χ0) is 11.5. The number of hydrogen-bond acceptors (Lipinski definition) is 4. The fourth-order valence-corrected chi connectivity index (χ4v) is 0.991. The third-order valence-electron chi connectivity index (χ3n) is 1.72. The van der Waals surface area contributed by atoms with Crippen molar-refractivity contribution in [3.05, 3.63) is 18.0 Å². The number of nitrogens with zero attached hydrogens (tertiary/aromatic N) is 2. The Morgan fingerprint density at radius 1 is 1.53 bits per heavy atom. The van der Waals surface area contributed by atoms with Crippen LogP contribution in [0.4, 0.5) is 0 Å². The van der Waals surface area contributed by atoms with Crippen LogP contribution in [0.3, 0.4) is 0 Å². The van der Waals surface area contributed by atoms with Gasteiger partial charge in [0.1, 0.15) is 5.88 Å². The molecule has 0 saturated heterocycles.